The molecule has 0 radical (unpaired) electrons. The summed E-state index contributed by atoms with van der Waals surface area (Å²) < 4.78 is 5.88. The molecule has 0 saturated carbocycles. The Morgan fingerprint density at radius 2 is 1.79 bits per heavy atom. The van der Waals surface area contributed by atoms with E-state index in [1.165, 1.54) is 32.4 Å². The number of rotatable bonds is 7. The van der Waals surface area contributed by atoms with Crippen LogP contribution >= 0.6 is 11.6 Å². The van der Waals surface area contributed by atoms with E-state index in [9.17, 15) is 0 Å². The summed E-state index contributed by atoms with van der Waals surface area (Å²) in [6, 6.07) is 11.2. The molecule has 3 aromatic rings. The fraction of sp³-hybridized carbons (Fsp3) is 0.381. The first-order chi connectivity index (χ1) is 13.8. The molecule has 2 aromatic heterocycles. The summed E-state index contributed by atoms with van der Waals surface area (Å²) in [5.41, 5.74) is 1.65. The van der Waals surface area contributed by atoms with Crippen LogP contribution in [0.2, 0.25) is 5.02 Å². The van der Waals surface area contributed by atoms with E-state index in [-0.39, 0.29) is 0 Å². The highest BCUT2D eigenvalue weighted by atomic mass is 35.5. The van der Waals surface area contributed by atoms with E-state index in [0.717, 1.165) is 36.5 Å². The summed E-state index contributed by atoms with van der Waals surface area (Å²) in [6.07, 6.45) is 6.87. The van der Waals surface area contributed by atoms with Gasteiger partial charge < -0.3 is 14.6 Å². The maximum atomic E-state index is 5.94. The van der Waals surface area contributed by atoms with Crippen LogP contribution in [0.1, 0.15) is 25.7 Å². The largest absolute Gasteiger partial charge is 0.416 e. The molecule has 146 valence electrons. The van der Waals surface area contributed by atoms with Gasteiger partial charge in [-0.25, -0.2) is 4.98 Å². The first kappa shape index (κ1) is 18.9. The van der Waals surface area contributed by atoms with Crippen LogP contribution in [-0.4, -0.2) is 46.3 Å². The molecular formula is C21H24ClN5O. The maximum Gasteiger partial charge on any atom is 0.251 e. The molecular weight excluding hydrogens is 374 g/mol. The second-order valence-electron chi connectivity index (χ2n) is 7.00. The molecule has 1 aliphatic rings. The minimum atomic E-state index is 0.455. The van der Waals surface area contributed by atoms with Crippen molar-refractivity contribution in [3.63, 3.8) is 0 Å². The molecule has 0 unspecified atom stereocenters. The molecule has 0 aliphatic carbocycles. The number of anilines is 1. The van der Waals surface area contributed by atoms with E-state index in [4.69, 9.17) is 16.0 Å². The average molecular weight is 398 g/mol. The predicted octanol–water partition coefficient (Wildman–Crippen LogP) is 4.74. The van der Waals surface area contributed by atoms with Crippen molar-refractivity contribution in [1.29, 1.82) is 0 Å². The molecule has 28 heavy (non-hydrogen) atoms. The Morgan fingerprint density at radius 3 is 2.61 bits per heavy atom. The molecule has 1 fully saturated rings. The Labute approximate surface area is 169 Å². The zero-order valence-corrected chi connectivity index (χ0v) is 16.5. The number of aromatic nitrogens is 3. The lowest BCUT2D eigenvalue weighted by Gasteiger charge is -2.26. The summed E-state index contributed by atoms with van der Waals surface area (Å²) in [5, 5.41) is 12.5. The van der Waals surface area contributed by atoms with Gasteiger partial charge in [0.05, 0.1) is 5.56 Å². The van der Waals surface area contributed by atoms with Gasteiger partial charge in [-0.3, -0.25) is 0 Å². The third-order valence-electron chi connectivity index (χ3n) is 4.95. The molecule has 0 amide bonds. The number of benzene rings is 1. The number of halogens is 1. The van der Waals surface area contributed by atoms with Gasteiger partial charge in [-0.05, 0) is 75.3 Å². The molecule has 1 aliphatic heterocycles. The zero-order chi connectivity index (χ0) is 19.2. The molecule has 6 nitrogen and oxygen atoms in total. The Bertz CT molecular complexity index is 890. The lowest BCUT2D eigenvalue weighted by molar-refractivity contribution is 0.228. The van der Waals surface area contributed by atoms with E-state index >= 15 is 0 Å². The van der Waals surface area contributed by atoms with Crippen LogP contribution in [-0.2, 0) is 0 Å². The van der Waals surface area contributed by atoms with Crippen LogP contribution in [0.5, 0.6) is 0 Å². The maximum absolute atomic E-state index is 5.94. The Morgan fingerprint density at radius 1 is 1.00 bits per heavy atom. The summed E-state index contributed by atoms with van der Waals surface area (Å²) in [4.78, 5) is 7.01. The first-order valence-electron chi connectivity index (χ1n) is 9.81. The molecule has 4 rings (SSSR count). The van der Waals surface area contributed by atoms with Crippen molar-refractivity contribution in [3.05, 3.63) is 47.6 Å². The molecule has 3 heterocycles. The van der Waals surface area contributed by atoms with Crippen molar-refractivity contribution in [2.75, 3.05) is 31.5 Å². The first-order valence-corrected chi connectivity index (χ1v) is 10.2. The van der Waals surface area contributed by atoms with Gasteiger partial charge in [-0.1, -0.05) is 18.0 Å². The van der Waals surface area contributed by atoms with Crippen molar-refractivity contribution in [2.45, 2.75) is 25.7 Å². The van der Waals surface area contributed by atoms with Gasteiger partial charge in [-0.2, -0.15) is 0 Å². The normalized spacial score (nSPS) is 14.9. The molecule has 1 N–H and O–H groups in total. The van der Waals surface area contributed by atoms with Crippen molar-refractivity contribution >= 4 is 17.4 Å². The van der Waals surface area contributed by atoms with Gasteiger partial charge >= 0.3 is 0 Å². The molecule has 0 atom stereocenters. The van der Waals surface area contributed by atoms with Crippen molar-refractivity contribution in [3.8, 4) is 22.9 Å². The minimum Gasteiger partial charge on any atom is -0.416 e. The SMILES string of the molecule is Clc1ccc(-c2nnc(-c3cccnc3NCCCN3CCCCC3)o2)cc1. The van der Waals surface area contributed by atoms with Crippen LogP contribution in [0.15, 0.2) is 47.0 Å². The van der Waals surface area contributed by atoms with Gasteiger partial charge in [0.25, 0.3) is 5.89 Å². The molecule has 0 spiro atoms. The third kappa shape index (κ3) is 4.69. The summed E-state index contributed by atoms with van der Waals surface area (Å²) >= 11 is 5.94. The minimum absolute atomic E-state index is 0.455. The van der Waals surface area contributed by atoms with Gasteiger partial charge in [0.2, 0.25) is 5.89 Å². The van der Waals surface area contributed by atoms with Crippen LogP contribution in [0.4, 0.5) is 5.82 Å². The Hall–Kier alpha value is -2.44. The topological polar surface area (TPSA) is 67.1 Å². The molecule has 0 bridgehead atoms. The quantitative estimate of drug-likeness (QED) is 0.581. The zero-order valence-electron chi connectivity index (χ0n) is 15.8. The van der Waals surface area contributed by atoms with Crippen LogP contribution in [0, 0.1) is 0 Å². The summed E-state index contributed by atoms with van der Waals surface area (Å²) in [7, 11) is 0. The molecule has 1 saturated heterocycles. The number of nitrogens with zero attached hydrogens (tertiary/aromatic N) is 4. The number of piperidine rings is 1. The second kappa shape index (κ2) is 9.17. The average Bonchev–Trinajstić information content (AvgIpc) is 3.23. The van der Waals surface area contributed by atoms with Crippen molar-refractivity contribution in [2.24, 2.45) is 0 Å². The van der Waals surface area contributed by atoms with E-state index in [0.29, 0.717) is 16.8 Å². The highest BCUT2D eigenvalue weighted by molar-refractivity contribution is 6.30. The van der Waals surface area contributed by atoms with Gasteiger partial charge in [0.1, 0.15) is 5.82 Å². The summed E-state index contributed by atoms with van der Waals surface area (Å²) in [6.45, 7) is 4.43. The highest BCUT2D eigenvalue weighted by Crippen LogP contribution is 2.28. The number of hydrogen-bond acceptors (Lipinski definition) is 6. The standard InChI is InChI=1S/C21H24ClN5O/c22-17-9-7-16(8-10-17)20-25-26-21(28-20)18-6-4-11-23-19(18)24-12-5-15-27-13-2-1-3-14-27/h4,6-11H,1-3,5,12-15H2,(H,23,24). The lowest BCUT2D eigenvalue weighted by atomic mass is 10.1. The fourth-order valence-corrected chi connectivity index (χ4v) is 3.58. The van der Waals surface area contributed by atoms with Crippen LogP contribution in [0.3, 0.4) is 0 Å². The van der Waals surface area contributed by atoms with Gasteiger partial charge in [0.15, 0.2) is 0 Å². The van der Waals surface area contributed by atoms with E-state index in [2.05, 4.69) is 25.4 Å². The lowest BCUT2D eigenvalue weighted by Crippen LogP contribution is -2.31. The van der Waals surface area contributed by atoms with E-state index < -0.39 is 0 Å². The third-order valence-corrected chi connectivity index (χ3v) is 5.20. The fourth-order valence-electron chi connectivity index (χ4n) is 3.45. The monoisotopic (exact) mass is 397 g/mol. The smallest absolute Gasteiger partial charge is 0.251 e. The highest BCUT2D eigenvalue weighted by Gasteiger charge is 2.15. The van der Waals surface area contributed by atoms with E-state index in [1.807, 2.05) is 24.3 Å². The van der Waals surface area contributed by atoms with Crippen LogP contribution in [0.25, 0.3) is 22.9 Å². The second-order valence-corrected chi connectivity index (χ2v) is 7.44. The van der Waals surface area contributed by atoms with Crippen molar-refractivity contribution < 1.29 is 4.42 Å². The number of hydrogen-bond donors (Lipinski definition) is 1. The summed E-state index contributed by atoms with van der Waals surface area (Å²) in [5.74, 6) is 1.69. The van der Waals surface area contributed by atoms with Gasteiger partial charge in [-0.15, -0.1) is 10.2 Å². The van der Waals surface area contributed by atoms with Crippen molar-refractivity contribution in [1.82, 2.24) is 20.1 Å². The number of nitrogens with one attached hydrogen (secondary N) is 1. The van der Waals surface area contributed by atoms with E-state index in [1.54, 1.807) is 18.3 Å². The molecule has 1 aromatic carbocycles. The van der Waals surface area contributed by atoms with Gasteiger partial charge in [0, 0.05) is 23.3 Å². The Balaban J connectivity index is 1.40. The number of pyridine rings is 1. The number of likely N-dealkylation sites (tertiary alicyclic amines) is 1. The van der Waals surface area contributed by atoms with Crippen LogP contribution < -0.4 is 5.32 Å². The molecule has 7 heteroatoms. The predicted molar refractivity (Wildman–Crippen MR) is 111 cm³/mol. The Kier molecular flexibility index (Phi) is 6.19.